The van der Waals surface area contributed by atoms with E-state index in [0.717, 1.165) is 22.3 Å². The van der Waals surface area contributed by atoms with Crippen LogP contribution >= 0.6 is 0 Å². The summed E-state index contributed by atoms with van der Waals surface area (Å²) in [6.07, 6.45) is 2.36. The van der Waals surface area contributed by atoms with Crippen LogP contribution < -0.4 is 10.1 Å². The van der Waals surface area contributed by atoms with Crippen molar-refractivity contribution in [1.29, 1.82) is 0 Å². The monoisotopic (exact) mass is 216 g/mol. The third kappa shape index (κ3) is 1.82. The van der Waals surface area contributed by atoms with Gasteiger partial charge in [0.1, 0.15) is 11.3 Å². The molecule has 2 aromatic rings. The fourth-order valence-electron chi connectivity index (χ4n) is 1.61. The number of rotatable bonds is 4. The zero-order valence-electron chi connectivity index (χ0n) is 8.93. The van der Waals surface area contributed by atoms with Crippen molar-refractivity contribution >= 4 is 23.0 Å². The van der Waals surface area contributed by atoms with Crippen LogP contribution in [0.2, 0.25) is 0 Å². The van der Waals surface area contributed by atoms with Crippen molar-refractivity contribution in [3.8, 4) is 5.75 Å². The maximum atomic E-state index is 10.5. The molecule has 2 rings (SSSR count). The molecular weight excluding hydrogens is 204 g/mol. The summed E-state index contributed by atoms with van der Waals surface area (Å²) in [6, 6.07) is 7.35. The third-order valence-corrected chi connectivity index (χ3v) is 2.25. The van der Waals surface area contributed by atoms with Gasteiger partial charge in [0.25, 0.3) is 0 Å². The average Bonchev–Trinajstić information content (AvgIpc) is 2.33. The summed E-state index contributed by atoms with van der Waals surface area (Å²) >= 11 is 0. The molecule has 0 aliphatic carbocycles. The molecule has 16 heavy (non-hydrogen) atoms. The molecule has 1 heterocycles. The number of anilines is 1. The normalized spacial score (nSPS) is 10.1. The van der Waals surface area contributed by atoms with Crippen molar-refractivity contribution in [2.24, 2.45) is 0 Å². The zero-order valence-corrected chi connectivity index (χ0v) is 8.93. The van der Waals surface area contributed by atoms with Crippen molar-refractivity contribution in [3.63, 3.8) is 0 Å². The van der Waals surface area contributed by atoms with Gasteiger partial charge in [-0.1, -0.05) is 0 Å². The van der Waals surface area contributed by atoms with Crippen LogP contribution in [0.1, 0.15) is 6.92 Å². The smallest absolute Gasteiger partial charge is 0.211 e. The Morgan fingerprint density at radius 2 is 2.31 bits per heavy atom. The highest BCUT2D eigenvalue weighted by atomic mass is 16.5. The fraction of sp³-hybridized carbons (Fsp3) is 0.167. The van der Waals surface area contributed by atoms with Gasteiger partial charge in [0.2, 0.25) is 6.41 Å². The van der Waals surface area contributed by atoms with Crippen LogP contribution in [0.5, 0.6) is 5.75 Å². The van der Waals surface area contributed by atoms with Crippen molar-refractivity contribution in [2.75, 3.05) is 11.9 Å². The van der Waals surface area contributed by atoms with Crippen molar-refractivity contribution in [2.45, 2.75) is 6.92 Å². The molecular formula is C12H12N2O2. The summed E-state index contributed by atoms with van der Waals surface area (Å²) in [5.41, 5.74) is 1.50. The lowest BCUT2D eigenvalue weighted by Gasteiger charge is -2.09. The first-order valence-electron chi connectivity index (χ1n) is 5.07. The number of pyridine rings is 1. The first-order chi connectivity index (χ1) is 7.86. The third-order valence-electron chi connectivity index (χ3n) is 2.25. The zero-order chi connectivity index (χ0) is 11.4. The van der Waals surface area contributed by atoms with Gasteiger partial charge in [-0.05, 0) is 31.2 Å². The van der Waals surface area contributed by atoms with Crippen LogP contribution in [0.25, 0.3) is 10.9 Å². The van der Waals surface area contributed by atoms with E-state index in [1.54, 1.807) is 6.20 Å². The molecule has 1 aromatic carbocycles. The van der Waals surface area contributed by atoms with E-state index in [0.29, 0.717) is 13.0 Å². The quantitative estimate of drug-likeness (QED) is 0.797. The summed E-state index contributed by atoms with van der Waals surface area (Å²) in [7, 11) is 0. The maximum absolute atomic E-state index is 10.5. The van der Waals surface area contributed by atoms with Crippen LogP contribution in [0.4, 0.5) is 5.69 Å². The molecule has 0 unspecified atom stereocenters. The van der Waals surface area contributed by atoms with Crippen LogP contribution in [0.3, 0.4) is 0 Å². The second-order valence-corrected chi connectivity index (χ2v) is 3.21. The van der Waals surface area contributed by atoms with E-state index in [9.17, 15) is 4.79 Å². The molecule has 0 radical (unpaired) electrons. The van der Waals surface area contributed by atoms with E-state index < -0.39 is 0 Å². The highest BCUT2D eigenvalue weighted by molar-refractivity contribution is 5.98. The van der Waals surface area contributed by atoms with Crippen LogP contribution in [0.15, 0.2) is 30.5 Å². The predicted octanol–water partition coefficient (Wildman–Crippen LogP) is 2.20. The van der Waals surface area contributed by atoms with E-state index >= 15 is 0 Å². The largest absolute Gasteiger partial charge is 0.492 e. The van der Waals surface area contributed by atoms with E-state index in [-0.39, 0.29) is 0 Å². The van der Waals surface area contributed by atoms with E-state index in [1.807, 2.05) is 31.2 Å². The number of nitrogens with one attached hydrogen (secondary N) is 1. The lowest BCUT2D eigenvalue weighted by atomic mass is 10.1. The molecule has 0 saturated heterocycles. The molecule has 0 bridgehead atoms. The van der Waals surface area contributed by atoms with Crippen LogP contribution in [0, 0.1) is 0 Å². The Labute approximate surface area is 93.3 Å². The molecule has 0 aliphatic heterocycles. The Kier molecular flexibility index (Phi) is 3.00. The number of hydrogen-bond acceptors (Lipinski definition) is 3. The van der Waals surface area contributed by atoms with Gasteiger partial charge >= 0.3 is 0 Å². The second-order valence-electron chi connectivity index (χ2n) is 3.21. The molecule has 4 heteroatoms. The molecule has 0 fully saturated rings. The van der Waals surface area contributed by atoms with Crippen molar-refractivity contribution < 1.29 is 9.53 Å². The molecule has 1 amide bonds. The number of amides is 1. The molecule has 0 spiro atoms. The van der Waals surface area contributed by atoms with Crippen molar-refractivity contribution in [3.05, 3.63) is 30.5 Å². The maximum Gasteiger partial charge on any atom is 0.211 e. The van der Waals surface area contributed by atoms with Crippen molar-refractivity contribution in [1.82, 2.24) is 4.98 Å². The first-order valence-corrected chi connectivity index (χ1v) is 5.07. The minimum atomic E-state index is 0.589. The Hall–Kier alpha value is -2.10. The minimum Gasteiger partial charge on any atom is -0.492 e. The van der Waals surface area contributed by atoms with Gasteiger partial charge in [-0.2, -0.15) is 0 Å². The van der Waals surface area contributed by atoms with Gasteiger partial charge in [0.15, 0.2) is 0 Å². The minimum absolute atomic E-state index is 0.589. The summed E-state index contributed by atoms with van der Waals surface area (Å²) < 4.78 is 5.47. The van der Waals surface area contributed by atoms with Crippen LogP contribution in [-0.2, 0) is 4.79 Å². The van der Waals surface area contributed by atoms with Gasteiger partial charge in [-0.15, -0.1) is 0 Å². The fourth-order valence-corrected chi connectivity index (χ4v) is 1.61. The Bertz CT molecular complexity index is 511. The van der Waals surface area contributed by atoms with Gasteiger partial charge in [-0.3, -0.25) is 9.78 Å². The highest BCUT2D eigenvalue weighted by Gasteiger charge is 2.06. The average molecular weight is 216 g/mol. The molecule has 0 atom stereocenters. The number of ether oxygens (including phenoxy) is 1. The van der Waals surface area contributed by atoms with E-state index in [4.69, 9.17) is 4.74 Å². The number of aromatic nitrogens is 1. The standard InChI is InChI=1S/C12H12N2O2/c1-2-16-11-6-5-10(14-8-15)9-4-3-7-13-12(9)11/h3-8H,2H2,1H3,(H,14,15). The summed E-state index contributed by atoms with van der Waals surface area (Å²) in [5.74, 6) is 0.731. The van der Waals surface area contributed by atoms with Gasteiger partial charge < -0.3 is 10.1 Å². The highest BCUT2D eigenvalue weighted by Crippen LogP contribution is 2.29. The van der Waals surface area contributed by atoms with Crippen LogP contribution in [-0.4, -0.2) is 18.0 Å². The molecule has 0 saturated carbocycles. The number of fused-ring (bicyclic) bond motifs is 1. The number of nitrogens with zero attached hydrogens (tertiary/aromatic N) is 1. The molecule has 1 N–H and O–H groups in total. The number of hydrogen-bond donors (Lipinski definition) is 1. The Morgan fingerprint density at radius 1 is 1.44 bits per heavy atom. The van der Waals surface area contributed by atoms with E-state index in [2.05, 4.69) is 10.3 Å². The first kappa shape index (κ1) is 10.4. The van der Waals surface area contributed by atoms with Gasteiger partial charge in [0, 0.05) is 11.6 Å². The summed E-state index contributed by atoms with van der Waals surface area (Å²) in [4.78, 5) is 14.7. The molecule has 1 aromatic heterocycles. The van der Waals surface area contributed by atoms with Gasteiger partial charge in [0.05, 0.1) is 12.3 Å². The number of carbonyl (C=O) groups is 1. The lowest BCUT2D eigenvalue weighted by Crippen LogP contribution is -1.98. The van der Waals surface area contributed by atoms with E-state index in [1.165, 1.54) is 0 Å². The Balaban J connectivity index is 2.61. The molecule has 0 aliphatic rings. The van der Waals surface area contributed by atoms with Gasteiger partial charge in [-0.25, -0.2) is 0 Å². The number of carbonyl (C=O) groups excluding carboxylic acids is 1. The second kappa shape index (κ2) is 4.61. The SMILES string of the molecule is CCOc1ccc(NC=O)c2cccnc12. The molecule has 82 valence electrons. The Morgan fingerprint density at radius 3 is 3.06 bits per heavy atom. The predicted molar refractivity (Wildman–Crippen MR) is 62.6 cm³/mol. The summed E-state index contributed by atoms with van der Waals surface area (Å²) in [6.45, 7) is 2.51. The number of benzene rings is 1. The molecule has 4 nitrogen and oxygen atoms in total. The lowest BCUT2D eigenvalue weighted by molar-refractivity contribution is -0.105. The summed E-state index contributed by atoms with van der Waals surface area (Å²) in [5, 5.41) is 3.52. The topological polar surface area (TPSA) is 51.2 Å².